The minimum absolute atomic E-state index is 0.407. The zero-order valence-corrected chi connectivity index (χ0v) is 42.2. The monoisotopic (exact) mass is 1000 g/mol. The van der Waals surface area contributed by atoms with Crippen LogP contribution in [0.4, 0.5) is 0 Å². The molecule has 76 heavy (non-hydrogen) atoms. The standard InChI is InChI=1S/C70H39N3OS2/c1-6-25-54-45(17-1)46-18-2-7-26-55(46)70(54)56-27-8-3-20-48(56)64-44(22-12-28-57(64)70)42-16-11-15-40(37-42)41-33-35-58-53(38-41)65-50(23-13-29-59(65)74-58)68-71-67(43-34-36-62-52(39-43)47-19-4-9-30-60(47)75-62)72-69(73-68)51-24-14-32-63-66(51)49-21-5-10-31-61(49)76-63/h1-39H. The summed E-state index contributed by atoms with van der Waals surface area (Å²) < 4.78 is 11.6. The highest BCUT2D eigenvalue weighted by molar-refractivity contribution is 7.26. The molecule has 2 aliphatic rings. The Morgan fingerprint density at radius 1 is 0.289 bits per heavy atom. The van der Waals surface area contributed by atoms with Crippen LogP contribution in [-0.2, 0) is 5.41 Å². The maximum atomic E-state index is 6.71. The fourth-order valence-corrected chi connectivity index (χ4v) is 15.2. The number of nitrogens with zero attached hydrogens (tertiary/aromatic N) is 3. The van der Waals surface area contributed by atoms with E-state index in [4.69, 9.17) is 19.4 Å². The number of furan rings is 1. The summed E-state index contributed by atoms with van der Waals surface area (Å²) in [6.45, 7) is 0. The Kier molecular flexibility index (Phi) is 8.77. The minimum Gasteiger partial charge on any atom is -0.456 e. The van der Waals surface area contributed by atoms with Crippen LogP contribution in [0, 0.1) is 0 Å². The molecule has 2 aliphatic carbocycles. The van der Waals surface area contributed by atoms with Gasteiger partial charge in [-0.25, -0.2) is 15.0 Å². The zero-order valence-electron chi connectivity index (χ0n) is 40.6. The summed E-state index contributed by atoms with van der Waals surface area (Å²) in [5, 5.41) is 6.76. The minimum atomic E-state index is -0.407. The summed E-state index contributed by atoms with van der Waals surface area (Å²) >= 11 is 3.61. The lowest BCUT2D eigenvalue weighted by molar-refractivity contribution is 0.669. The third-order valence-electron chi connectivity index (χ3n) is 16.2. The summed E-state index contributed by atoms with van der Waals surface area (Å²) in [6, 6.07) is 86.2. The second kappa shape index (κ2) is 15.8. The number of hydrogen-bond acceptors (Lipinski definition) is 6. The van der Waals surface area contributed by atoms with Gasteiger partial charge in [0.2, 0.25) is 0 Å². The topological polar surface area (TPSA) is 51.8 Å². The first kappa shape index (κ1) is 42.1. The van der Waals surface area contributed by atoms with Crippen molar-refractivity contribution in [1.82, 2.24) is 15.0 Å². The van der Waals surface area contributed by atoms with Crippen LogP contribution in [0.2, 0.25) is 0 Å². The van der Waals surface area contributed by atoms with Crippen LogP contribution in [0.1, 0.15) is 22.3 Å². The Hall–Kier alpha value is -9.33. The van der Waals surface area contributed by atoms with Gasteiger partial charge in [0, 0.05) is 67.8 Å². The highest BCUT2D eigenvalue weighted by Crippen LogP contribution is 2.64. The van der Waals surface area contributed by atoms with Crippen LogP contribution in [0.3, 0.4) is 0 Å². The predicted molar refractivity (Wildman–Crippen MR) is 316 cm³/mol. The second-order valence-corrected chi connectivity index (χ2v) is 22.2. The quantitative estimate of drug-likeness (QED) is 0.172. The Morgan fingerprint density at radius 2 is 0.803 bits per heavy atom. The predicted octanol–water partition coefficient (Wildman–Crippen LogP) is 19.2. The molecule has 4 heterocycles. The van der Waals surface area contributed by atoms with Gasteiger partial charge in [-0.2, -0.15) is 0 Å². The molecule has 1 spiro atoms. The molecule has 0 unspecified atom stereocenters. The van der Waals surface area contributed by atoms with E-state index in [1.165, 1.54) is 90.6 Å². The smallest absolute Gasteiger partial charge is 0.164 e. The van der Waals surface area contributed by atoms with Crippen molar-refractivity contribution in [3.05, 3.63) is 259 Å². The van der Waals surface area contributed by atoms with Gasteiger partial charge < -0.3 is 4.42 Å². The van der Waals surface area contributed by atoms with Gasteiger partial charge in [0.1, 0.15) is 11.2 Å². The number of rotatable bonds is 5. The molecule has 0 saturated carbocycles. The molecular weight excluding hydrogens is 963 g/mol. The Balaban J connectivity index is 0.836. The molecule has 4 aromatic heterocycles. The highest BCUT2D eigenvalue weighted by Gasteiger charge is 2.52. The first-order valence-corrected chi connectivity index (χ1v) is 27.4. The summed E-state index contributed by atoms with van der Waals surface area (Å²) in [6.07, 6.45) is 0. The summed E-state index contributed by atoms with van der Waals surface area (Å²) in [5.74, 6) is 1.85. The molecule has 4 nitrogen and oxygen atoms in total. The van der Waals surface area contributed by atoms with E-state index in [0.717, 1.165) is 55.1 Å². The normalized spacial score (nSPS) is 13.1. The van der Waals surface area contributed by atoms with Crippen molar-refractivity contribution in [3.63, 3.8) is 0 Å². The van der Waals surface area contributed by atoms with Crippen molar-refractivity contribution in [2.45, 2.75) is 5.41 Å². The number of hydrogen-bond donors (Lipinski definition) is 0. The molecule has 0 amide bonds. The fraction of sp³-hybridized carbons (Fsp3) is 0.0143. The lowest BCUT2D eigenvalue weighted by atomic mass is 9.70. The lowest BCUT2D eigenvalue weighted by Gasteiger charge is -2.30. The molecule has 17 rings (SSSR count). The number of aromatic nitrogens is 3. The summed E-state index contributed by atoms with van der Waals surface area (Å²) in [4.78, 5) is 16.2. The van der Waals surface area contributed by atoms with Crippen molar-refractivity contribution in [2.24, 2.45) is 0 Å². The third-order valence-corrected chi connectivity index (χ3v) is 18.5. The highest BCUT2D eigenvalue weighted by atomic mass is 32.1. The largest absolute Gasteiger partial charge is 0.456 e. The molecule has 352 valence electrons. The van der Waals surface area contributed by atoms with Crippen molar-refractivity contribution in [1.29, 1.82) is 0 Å². The average molecular weight is 1000 g/mol. The van der Waals surface area contributed by atoms with Crippen LogP contribution >= 0.6 is 22.7 Å². The lowest BCUT2D eigenvalue weighted by Crippen LogP contribution is -2.25. The molecule has 15 aromatic rings. The van der Waals surface area contributed by atoms with Crippen LogP contribution in [0.25, 0.3) is 141 Å². The van der Waals surface area contributed by atoms with Gasteiger partial charge in [-0.1, -0.05) is 176 Å². The van der Waals surface area contributed by atoms with Crippen molar-refractivity contribution < 1.29 is 4.42 Å². The van der Waals surface area contributed by atoms with Crippen LogP contribution in [-0.4, -0.2) is 15.0 Å². The number of thiophene rings is 2. The van der Waals surface area contributed by atoms with Crippen molar-refractivity contribution in [2.75, 3.05) is 0 Å². The molecule has 0 atom stereocenters. The van der Waals surface area contributed by atoms with Crippen LogP contribution in [0.5, 0.6) is 0 Å². The molecule has 0 radical (unpaired) electrons. The van der Waals surface area contributed by atoms with Gasteiger partial charge in [-0.3, -0.25) is 0 Å². The molecule has 0 N–H and O–H groups in total. The molecular formula is C70H39N3OS2. The molecule has 0 aliphatic heterocycles. The average Bonchev–Trinajstić information content (AvgIpc) is 4.45. The summed E-state index contributed by atoms with van der Waals surface area (Å²) in [5.41, 5.74) is 19.2. The Labute approximate surface area is 444 Å². The van der Waals surface area contributed by atoms with Gasteiger partial charge in [0.15, 0.2) is 17.5 Å². The molecule has 0 bridgehead atoms. The van der Waals surface area contributed by atoms with E-state index in [-0.39, 0.29) is 0 Å². The van der Waals surface area contributed by atoms with Gasteiger partial charge in [-0.15, -0.1) is 22.7 Å². The zero-order chi connectivity index (χ0) is 49.6. The van der Waals surface area contributed by atoms with Crippen molar-refractivity contribution >= 4 is 85.0 Å². The molecule has 6 heteroatoms. The first-order chi connectivity index (χ1) is 37.7. The number of fused-ring (bicyclic) bond motifs is 19. The van der Waals surface area contributed by atoms with E-state index in [1.807, 2.05) is 17.4 Å². The van der Waals surface area contributed by atoms with E-state index in [0.29, 0.717) is 17.5 Å². The van der Waals surface area contributed by atoms with E-state index in [2.05, 4.69) is 231 Å². The van der Waals surface area contributed by atoms with E-state index < -0.39 is 5.41 Å². The first-order valence-electron chi connectivity index (χ1n) is 25.7. The van der Waals surface area contributed by atoms with E-state index in [9.17, 15) is 0 Å². The Morgan fingerprint density at radius 3 is 1.61 bits per heavy atom. The van der Waals surface area contributed by atoms with Gasteiger partial charge in [0.05, 0.1) is 5.41 Å². The fourth-order valence-electron chi connectivity index (χ4n) is 13.0. The van der Waals surface area contributed by atoms with Gasteiger partial charge in [0.25, 0.3) is 0 Å². The maximum absolute atomic E-state index is 6.71. The molecule has 0 fully saturated rings. The SMILES string of the molecule is c1cc(-c2ccc3oc4cccc(-c5nc(-c6ccc7sc8ccccc8c7c6)nc(-c6cccc7sc8ccccc8c67)n5)c4c3c2)cc(-c2cccc3c2-c2ccccc2C32c3ccccc3-c3ccccc32)c1. The second-order valence-electron chi connectivity index (χ2n) is 20.1. The van der Waals surface area contributed by atoms with Crippen LogP contribution in [0.15, 0.2) is 241 Å². The third kappa shape index (κ3) is 5.85. The Bertz CT molecular complexity index is 4930. The maximum Gasteiger partial charge on any atom is 0.164 e. The van der Waals surface area contributed by atoms with E-state index in [1.54, 1.807) is 11.3 Å². The van der Waals surface area contributed by atoms with Gasteiger partial charge >= 0.3 is 0 Å². The summed E-state index contributed by atoms with van der Waals surface area (Å²) in [7, 11) is 0. The van der Waals surface area contributed by atoms with Crippen LogP contribution < -0.4 is 0 Å². The van der Waals surface area contributed by atoms with E-state index >= 15 is 0 Å². The van der Waals surface area contributed by atoms with Gasteiger partial charge in [-0.05, 0) is 127 Å². The number of benzene rings is 11. The van der Waals surface area contributed by atoms with Crippen molar-refractivity contribution in [3.8, 4) is 78.7 Å². The molecule has 11 aromatic carbocycles. The molecule has 0 saturated heterocycles.